The van der Waals surface area contributed by atoms with Crippen molar-refractivity contribution in [2.24, 2.45) is 23.2 Å². The molecule has 2 saturated carbocycles. The fraction of sp³-hybridized carbons (Fsp3) is 0.786. The number of benzene rings is 1. The van der Waals surface area contributed by atoms with E-state index in [1.807, 2.05) is 0 Å². The Kier molecular flexibility index (Phi) is 7.45. The van der Waals surface area contributed by atoms with E-state index < -0.39 is 0 Å². The fourth-order valence-electron chi connectivity index (χ4n) is 7.38. The zero-order valence-corrected chi connectivity index (χ0v) is 20.2. The largest absolute Gasteiger partial charge is 0.389 e. The van der Waals surface area contributed by atoms with Crippen LogP contribution in [0, 0.1) is 23.2 Å². The van der Waals surface area contributed by atoms with E-state index in [0.29, 0.717) is 17.4 Å². The summed E-state index contributed by atoms with van der Waals surface area (Å²) in [6.07, 6.45) is 9.97. The zero-order chi connectivity index (χ0) is 21.9. The average Bonchev–Trinajstić information content (AvgIpc) is 2.72. The molecule has 0 radical (unpaired) electrons. The zero-order valence-electron chi connectivity index (χ0n) is 20.2. The summed E-state index contributed by atoms with van der Waals surface area (Å²) >= 11 is 0. The lowest BCUT2D eigenvalue weighted by Gasteiger charge is -2.55. The van der Waals surface area contributed by atoms with E-state index in [2.05, 4.69) is 56.0 Å². The number of ether oxygens (including phenoxy) is 1. The number of hydrogen-bond acceptors (Lipinski definition) is 3. The van der Waals surface area contributed by atoms with Crippen LogP contribution < -0.4 is 0 Å². The van der Waals surface area contributed by atoms with Crippen molar-refractivity contribution in [3.8, 4) is 0 Å². The summed E-state index contributed by atoms with van der Waals surface area (Å²) < 4.78 is 6.03. The summed E-state index contributed by atoms with van der Waals surface area (Å²) in [5.41, 5.74) is 2.25. The van der Waals surface area contributed by atoms with E-state index in [1.165, 1.54) is 44.9 Å². The van der Waals surface area contributed by atoms with Crippen molar-refractivity contribution >= 4 is 0 Å². The van der Waals surface area contributed by atoms with E-state index in [-0.39, 0.29) is 6.10 Å². The van der Waals surface area contributed by atoms with Crippen LogP contribution in [0.5, 0.6) is 0 Å². The molecule has 2 aliphatic carbocycles. The van der Waals surface area contributed by atoms with Crippen LogP contribution in [0.1, 0.15) is 77.7 Å². The van der Waals surface area contributed by atoms with E-state index >= 15 is 0 Å². The van der Waals surface area contributed by atoms with Crippen LogP contribution in [0.15, 0.2) is 30.3 Å². The number of rotatable bonds is 8. The molecule has 5 atom stereocenters. The second kappa shape index (κ2) is 9.93. The Bertz CT molecular complexity index is 682. The van der Waals surface area contributed by atoms with Crippen molar-refractivity contribution in [1.29, 1.82) is 0 Å². The van der Waals surface area contributed by atoms with Crippen LogP contribution in [0.2, 0.25) is 0 Å². The Labute approximate surface area is 190 Å². The van der Waals surface area contributed by atoms with Crippen molar-refractivity contribution in [3.63, 3.8) is 0 Å². The highest BCUT2D eigenvalue weighted by Gasteiger charge is 2.50. The maximum absolute atomic E-state index is 10.5. The molecule has 3 heteroatoms. The summed E-state index contributed by atoms with van der Waals surface area (Å²) in [6, 6.07) is 11.3. The van der Waals surface area contributed by atoms with Gasteiger partial charge in [-0.2, -0.15) is 0 Å². The van der Waals surface area contributed by atoms with Gasteiger partial charge in [0.25, 0.3) is 0 Å². The standard InChI is InChI=1S/C28H45NO2/c1-22-9-12-29(13-10-22)19-26(30)20-31-14-11-27(3)17-24-15-23(2)16-28(18-24,21-27)25-7-5-4-6-8-25/h4-8,22-24,26,30H,9-21H2,1-3H3. The first-order valence-corrected chi connectivity index (χ1v) is 12.9. The molecule has 0 spiro atoms. The van der Waals surface area contributed by atoms with Gasteiger partial charge < -0.3 is 14.7 Å². The second-order valence-corrected chi connectivity index (χ2v) is 11.9. The molecule has 3 aliphatic rings. The van der Waals surface area contributed by atoms with Crippen molar-refractivity contribution in [3.05, 3.63) is 35.9 Å². The topological polar surface area (TPSA) is 32.7 Å². The minimum absolute atomic E-state index is 0.340. The van der Waals surface area contributed by atoms with Crippen molar-refractivity contribution in [2.75, 3.05) is 32.8 Å². The van der Waals surface area contributed by atoms with Gasteiger partial charge in [-0.25, -0.2) is 0 Å². The molecule has 1 N–H and O–H groups in total. The number of β-amino-alcohol motifs (C(OH)–C–C–N with tert-alkyl or cyclic N) is 1. The number of piperidine rings is 1. The predicted molar refractivity (Wildman–Crippen MR) is 128 cm³/mol. The number of aliphatic hydroxyl groups excluding tert-OH is 1. The number of nitrogens with zero attached hydrogens (tertiary/aromatic N) is 1. The first kappa shape index (κ1) is 23.3. The third kappa shape index (κ3) is 5.92. The quantitative estimate of drug-likeness (QED) is 0.543. The average molecular weight is 428 g/mol. The summed E-state index contributed by atoms with van der Waals surface area (Å²) in [4.78, 5) is 2.41. The SMILES string of the molecule is CC1CCN(CC(O)COCCC2(C)CC3CC(C)CC(c4ccccc4)(C3)C2)CC1. The molecule has 0 aromatic heterocycles. The Hall–Kier alpha value is -0.900. The number of fused-ring (bicyclic) bond motifs is 2. The third-order valence-corrected chi connectivity index (χ3v) is 8.59. The minimum atomic E-state index is -0.358. The minimum Gasteiger partial charge on any atom is -0.389 e. The fourth-order valence-corrected chi connectivity index (χ4v) is 7.38. The van der Waals surface area contributed by atoms with Gasteiger partial charge in [-0.1, -0.05) is 51.1 Å². The molecule has 4 rings (SSSR count). The van der Waals surface area contributed by atoms with Gasteiger partial charge in [0.2, 0.25) is 0 Å². The number of aliphatic hydroxyl groups is 1. The van der Waals surface area contributed by atoms with Crippen LogP contribution in [-0.2, 0) is 10.2 Å². The first-order valence-electron chi connectivity index (χ1n) is 12.9. The highest BCUT2D eigenvalue weighted by atomic mass is 16.5. The van der Waals surface area contributed by atoms with Crippen LogP contribution in [-0.4, -0.2) is 49.0 Å². The third-order valence-electron chi connectivity index (χ3n) is 8.59. The monoisotopic (exact) mass is 427 g/mol. The van der Waals surface area contributed by atoms with Crippen LogP contribution in [0.3, 0.4) is 0 Å². The highest BCUT2D eigenvalue weighted by molar-refractivity contribution is 5.28. The van der Waals surface area contributed by atoms with Crippen molar-refractivity contribution in [1.82, 2.24) is 4.90 Å². The molecule has 1 aromatic carbocycles. The van der Waals surface area contributed by atoms with Gasteiger partial charge >= 0.3 is 0 Å². The summed E-state index contributed by atoms with van der Waals surface area (Å²) in [7, 11) is 0. The summed E-state index contributed by atoms with van der Waals surface area (Å²) in [5, 5.41) is 10.5. The smallest absolute Gasteiger partial charge is 0.0900 e. The van der Waals surface area contributed by atoms with E-state index in [4.69, 9.17) is 4.74 Å². The Morgan fingerprint density at radius 3 is 2.55 bits per heavy atom. The lowest BCUT2D eigenvalue weighted by molar-refractivity contribution is -0.0234. The maximum atomic E-state index is 10.5. The molecular weight excluding hydrogens is 382 g/mol. The predicted octanol–water partition coefficient (Wildman–Crippen LogP) is 5.66. The molecule has 0 amide bonds. The molecule has 3 nitrogen and oxygen atoms in total. The second-order valence-electron chi connectivity index (χ2n) is 11.9. The molecule has 174 valence electrons. The molecule has 1 heterocycles. The molecule has 2 bridgehead atoms. The van der Waals surface area contributed by atoms with Gasteiger partial charge in [-0.3, -0.25) is 0 Å². The lowest BCUT2D eigenvalue weighted by atomic mass is 9.50. The molecule has 3 fully saturated rings. The first-order chi connectivity index (χ1) is 14.9. The van der Waals surface area contributed by atoms with E-state index in [1.54, 1.807) is 5.56 Å². The van der Waals surface area contributed by atoms with E-state index in [0.717, 1.165) is 50.4 Å². The Morgan fingerprint density at radius 1 is 1.06 bits per heavy atom. The molecule has 1 aliphatic heterocycles. The molecule has 31 heavy (non-hydrogen) atoms. The normalized spacial score (nSPS) is 35.7. The van der Waals surface area contributed by atoms with Gasteiger partial charge in [-0.15, -0.1) is 0 Å². The van der Waals surface area contributed by atoms with Gasteiger partial charge in [0.05, 0.1) is 12.7 Å². The summed E-state index contributed by atoms with van der Waals surface area (Å²) in [6.45, 7) is 11.6. The molecule has 1 saturated heterocycles. The molecule has 5 unspecified atom stereocenters. The van der Waals surface area contributed by atoms with Crippen molar-refractivity contribution in [2.45, 2.75) is 83.7 Å². The van der Waals surface area contributed by atoms with Crippen molar-refractivity contribution < 1.29 is 9.84 Å². The maximum Gasteiger partial charge on any atom is 0.0900 e. The van der Waals surface area contributed by atoms with Crippen LogP contribution >= 0.6 is 0 Å². The molecular formula is C28H45NO2. The number of likely N-dealkylation sites (tertiary alicyclic amines) is 1. The molecule has 1 aromatic rings. The van der Waals surface area contributed by atoms with Gasteiger partial charge in [0.1, 0.15) is 0 Å². The van der Waals surface area contributed by atoms with Crippen LogP contribution in [0.4, 0.5) is 0 Å². The summed E-state index contributed by atoms with van der Waals surface area (Å²) in [5.74, 6) is 2.50. The van der Waals surface area contributed by atoms with E-state index in [9.17, 15) is 5.11 Å². The highest BCUT2D eigenvalue weighted by Crippen LogP contribution is 2.58. The van der Waals surface area contributed by atoms with Gasteiger partial charge in [-0.05, 0) is 98.6 Å². The van der Waals surface area contributed by atoms with Gasteiger partial charge in [0, 0.05) is 13.2 Å². The lowest BCUT2D eigenvalue weighted by Crippen LogP contribution is -2.47. The van der Waals surface area contributed by atoms with Gasteiger partial charge in [0.15, 0.2) is 0 Å². The van der Waals surface area contributed by atoms with Crippen LogP contribution in [0.25, 0.3) is 0 Å². The Morgan fingerprint density at radius 2 is 1.81 bits per heavy atom. The Balaban J connectivity index is 1.28. The number of hydrogen-bond donors (Lipinski definition) is 1.